The van der Waals surface area contributed by atoms with Gasteiger partial charge in [-0.1, -0.05) is 17.8 Å². The lowest BCUT2D eigenvalue weighted by Gasteiger charge is -2.35. The second-order valence-corrected chi connectivity index (χ2v) is 6.21. The maximum absolute atomic E-state index is 4.63. The van der Waals surface area contributed by atoms with E-state index in [1.165, 1.54) is 0 Å². The molecule has 0 spiro atoms. The zero-order valence-corrected chi connectivity index (χ0v) is 13.9. The molecule has 0 radical (unpaired) electrons. The van der Waals surface area contributed by atoms with E-state index in [-0.39, 0.29) is 0 Å². The number of piperazine rings is 1. The molecule has 1 aliphatic heterocycles. The van der Waals surface area contributed by atoms with Gasteiger partial charge in [0.2, 0.25) is 0 Å². The van der Waals surface area contributed by atoms with E-state index in [4.69, 9.17) is 0 Å². The van der Waals surface area contributed by atoms with Gasteiger partial charge in [0.25, 0.3) is 0 Å². The van der Waals surface area contributed by atoms with Crippen molar-refractivity contribution >= 4 is 17.6 Å². The lowest BCUT2D eigenvalue weighted by Crippen LogP contribution is -2.46. The van der Waals surface area contributed by atoms with Crippen molar-refractivity contribution in [1.29, 1.82) is 0 Å². The van der Waals surface area contributed by atoms with Gasteiger partial charge in [0, 0.05) is 50.7 Å². The van der Waals surface area contributed by atoms with Crippen LogP contribution in [0.1, 0.15) is 11.4 Å². The molecule has 0 aliphatic carbocycles. The summed E-state index contributed by atoms with van der Waals surface area (Å²) in [7, 11) is 0. The summed E-state index contributed by atoms with van der Waals surface area (Å²) < 4.78 is 0. The molecule has 3 rings (SSSR count). The van der Waals surface area contributed by atoms with E-state index < -0.39 is 0 Å². The van der Waals surface area contributed by atoms with Crippen molar-refractivity contribution in [2.45, 2.75) is 18.6 Å². The van der Waals surface area contributed by atoms with Crippen molar-refractivity contribution in [1.82, 2.24) is 19.9 Å². The Morgan fingerprint density at radius 2 is 1.95 bits per heavy atom. The third kappa shape index (κ3) is 3.75. The first-order valence-corrected chi connectivity index (χ1v) is 8.74. The summed E-state index contributed by atoms with van der Waals surface area (Å²) in [5.41, 5.74) is 2.17. The fourth-order valence-corrected chi connectivity index (χ4v) is 3.05. The standard InChI is InChI=1S/C16H21N5S/c1-13-11-15(19-16(18-13)22-2)21-9-7-20(8-10-21)12-14-5-3-4-6-17-14/h3-6,11H,7-10,12H2,1-2H3. The van der Waals surface area contributed by atoms with Gasteiger partial charge < -0.3 is 4.90 Å². The van der Waals surface area contributed by atoms with Crippen LogP contribution in [0.2, 0.25) is 0 Å². The largest absolute Gasteiger partial charge is 0.354 e. The summed E-state index contributed by atoms with van der Waals surface area (Å²) in [6.45, 7) is 7.02. The Kier molecular flexibility index (Phi) is 4.90. The van der Waals surface area contributed by atoms with E-state index in [1.54, 1.807) is 11.8 Å². The Balaban J connectivity index is 1.61. The van der Waals surface area contributed by atoms with Gasteiger partial charge in [0.1, 0.15) is 5.82 Å². The minimum atomic E-state index is 0.853. The molecule has 116 valence electrons. The number of pyridine rings is 1. The average Bonchev–Trinajstić information content (AvgIpc) is 2.56. The highest BCUT2D eigenvalue weighted by molar-refractivity contribution is 7.98. The summed E-state index contributed by atoms with van der Waals surface area (Å²) in [6, 6.07) is 8.17. The number of anilines is 1. The molecular weight excluding hydrogens is 294 g/mol. The average molecular weight is 315 g/mol. The molecular formula is C16H21N5S. The van der Waals surface area contributed by atoms with Crippen LogP contribution in [-0.2, 0) is 6.54 Å². The molecule has 0 saturated carbocycles. The van der Waals surface area contributed by atoms with Gasteiger partial charge in [0.05, 0.1) is 5.69 Å². The summed E-state index contributed by atoms with van der Waals surface area (Å²) in [4.78, 5) is 18.3. The highest BCUT2D eigenvalue weighted by Gasteiger charge is 2.19. The third-order valence-electron chi connectivity index (χ3n) is 3.81. The fraction of sp³-hybridized carbons (Fsp3) is 0.438. The third-order valence-corrected chi connectivity index (χ3v) is 4.36. The number of aromatic nitrogens is 3. The van der Waals surface area contributed by atoms with Gasteiger partial charge in [-0.3, -0.25) is 9.88 Å². The number of rotatable bonds is 4. The van der Waals surface area contributed by atoms with Crippen LogP contribution in [0.25, 0.3) is 0 Å². The second-order valence-electron chi connectivity index (χ2n) is 5.44. The molecule has 0 bridgehead atoms. The SMILES string of the molecule is CSc1nc(C)cc(N2CCN(Cc3ccccn3)CC2)n1. The first-order valence-electron chi connectivity index (χ1n) is 7.51. The van der Waals surface area contributed by atoms with Gasteiger partial charge >= 0.3 is 0 Å². The maximum atomic E-state index is 4.63. The summed E-state index contributed by atoms with van der Waals surface area (Å²) in [5.74, 6) is 1.05. The number of thioether (sulfide) groups is 1. The van der Waals surface area contributed by atoms with E-state index in [0.29, 0.717) is 0 Å². The van der Waals surface area contributed by atoms with Crippen molar-refractivity contribution < 1.29 is 0 Å². The van der Waals surface area contributed by atoms with Crippen molar-refractivity contribution in [2.75, 3.05) is 37.3 Å². The summed E-state index contributed by atoms with van der Waals surface area (Å²) in [5, 5.41) is 0.853. The molecule has 6 heteroatoms. The van der Waals surface area contributed by atoms with Crippen molar-refractivity contribution in [3.8, 4) is 0 Å². The van der Waals surface area contributed by atoms with E-state index in [2.05, 4.69) is 36.9 Å². The molecule has 1 aliphatic rings. The van der Waals surface area contributed by atoms with Crippen LogP contribution < -0.4 is 4.90 Å². The van der Waals surface area contributed by atoms with E-state index in [9.17, 15) is 0 Å². The van der Waals surface area contributed by atoms with Gasteiger partial charge in [-0.05, 0) is 25.3 Å². The molecule has 2 aromatic rings. The molecule has 1 saturated heterocycles. The molecule has 1 fully saturated rings. The van der Waals surface area contributed by atoms with Crippen molar-refractivity contribution in [2.24, 2.45) is 0 Å². The first-order chi connectivity index (χ1) is 10.7. The van der Waals surface area contributed by atoms with Gasteiger partial charge in [-0.25, -0.2) is 9.97 Å². The molecule has 3 heterocycles. The molecule has 0 aromatic carbocycles. The van der Waals surface area contributed by atoms with Gasteiger partial charge in [0.15, 0.2) is 5.16 Å². The zero-order valence-electron chi connectivity index (χ0n) is 13.1. The Labute approximate surface area is 135 Å². The van der Waals surface area contributed by atoms with E-state index >= 15 is 0 Å². The second kappa shape index (κ2) is 7.07. The maximum Gasteiger partial charge on any atom is 0.189 e. The Hall–Kier alpha value is -1.66. The van der Waals surface area contributed by atoms with Crippen LogP contribution in [0.4, 0.5) is 5.82 Å². The summed E-state index contributed by atoms with van der Waals surface area (Å²) in [6.07, 6.45) is 3.88. The van der Waals surface area contributed by atoms with Crippen LogP contribution in [0.3, 0.4) is 0 Å². The highest BCUT2D eigenvalue weighted by Crippen LogP contribution is 2.19. The molecule has 5 nitrogen and oxygen atoms in total. The lowest BCUT2D eigenvalue weighted by atomic mass is 10.2. The van der Waals surface area contributed by atoms with Crippen molar-refractivity contribution in [3.05, 3.63) is 41.9 Å². The van der Waals surface area contributed by atoms with Gasteiger partial charge in [-0.2, -0.15) is 0 Å². The molecule has 0 amide bonds. The topological polar surface area (TPSA) is 45.2 Å². The quantitative estimate of drug-likeness (QED) is 0.637. The zero-order chi connectivity index (χ0) is 15.4. The first kappa shape index (κ1) is 15.2. The van der Waals surface area contributed by atoms with Crippen LogP contribution >= 0.6 is 11.8 Å². The number of aryl methyl sites for hydroxylation is 1. The van der Waals surface area contributed by atoms with Crippen LogP contribution in [0, 0.1) is 6.92 Å². The lowest BCUT2D eigenvalue weighted by molar-refractivity contribution is 0.246. The molecule has 0 N–H and O–H groups in total. The predicted molar refractivity (Wildman–Crippen MR) is 90.3 cm³/mol. The Bertz CT molecular complexity index is 611. The van der Waals surface area contributed by atoms with E-state index in [1.807, 2.05) is 31.5 Å². The monoisotopic (exact) mass is 315 g/mol. The predicted octanol–water partition coefficient (Wildman–Crippen LogP) is 2.22. The molecule has 0 atom stereocenters. The molecule has 22 heavy (non-hydrogen) atoms. The highest BCUT2D eigenvalue weighted by atomic mass is 32.2. The Morgan fingerprint density at radius 3 is 2.64 bits per heavy atom. The smallest absolute Gasteiger partial charge is 0.189 e. The Morgan fingerprint density at radius 1 is 1.14 bits per heavy atom. The molecule has 2 aromatic heterocycles. The fourth-order valence-electron chi connectivity index (χ4n) is 2.63. The normalized spacial score (nSPS) is 16.0. The van der Waals surface area contributed by atoms with Crippen molar-refractivity contribution in [3.63, 3.8) is 0 Å². The number of hydrogen-bond acceptors (Lipinski definition) is 6. The van der Waals surface area contributed by atoms with Crippen LogP contribution in [-0.4, -0.2) is 52.3 Å². The van der Waals surface area contributed by atoms with Crippen LogP contribution in [0.15, 0.2) is 35.6 Å². The minimum absolute atomic E-state index is 0.853. The molecule has 0 unspecified atom stereocenters. The van der Waals surface area contributed by atoms with Gasteiger partial charge in [-0.15, -0.1) is 0 Å². The minimum Gasteiger partial charge on any atom is -0.354 e. The van der Waals surface area contributed by atoms with Crippen LogP contribution in [0.5, 0.6) is 0 Å². The number of nitrogens with zero attached hydrogens (tertiary/aromatic N) is 5. The summed E-state index contributed by atoms with van der Waals surface area (Å²) >= 11 is 1.60. The van der Waals surface area contributed by atoms with E-state index in [0.717, 1.165) is 55.1 Å². The number of hydrogen-bond donors (Lipinski definition) is 0.